The van der Waals surface area contributed by atoms with E-state index in [2.05, 4.69) is 42.6 Å². The first kappa shape index (κ1) is 16.1. The summed E-state index contributed by atoms with van der Waals surface area (Å²) in [7, 11) is 0. The first-order valence-corrected chi connectivity index (χ1v) is 8.11. The molecule has 0 spiro atoms. The van der Waals surface area contributed by atoms with E-state index in [9.17, 15) is 4.79 Å². The number of nitriles is 1. The number of hydrogen-bond donors (Lipinski definition) is 1. The highest BCUT2D eigenvalue weighted by Crippen LogP contribution is 2.19. The lowest BCUT2D eigenvalue weighted by Crippen LogP contribution is -2.12. The van der Waals surface area contributed by atoms with Gasteiger partial charge in [0.2, 0.25) is 5.91 Å². The third-order valence-corrected chi connectivity index (χ3v) is 4.15. The van der Waals surface area contributed by atoms with Gasteiger partial charge >= 0.3 is 0 Å². The van der Waals surface area contributed by atoms with E-state index in [1.54, 1.807) is 11.8 Å². The fraction of sp³-hybridized carbons (Fsp3) is 0.222. The van der Waals surface area contributed by atoms with Crippen LogP contribution in [0.2, 0.25) is 0 Å². The predicted octanol–water partition coefficient (Wildman–Crippen LogP) is 4.18. The number of nitrogens with zero attached hydrogens (tertiary/aromatic N) is 1. The molecule has 0 atom stereocenters. The molecule has 1 N–H and O–H groups in total. The number of rotatable bonds is 6. The van der Waals surface area contributed by atoms with Gasteiger partial charge in [0.25, 0.3) is 0 Å². The van der Waals surface area contributed by atoms with Gasteiger partial charge < -0.3 is 5.32 Å². The number of carbonyl (C=O) groups excluding carboxylic acids is 1. The molecule has 0 bridgehead atoms. The fourth-order valence-electron chi connectivity index (χ4n) is 1.92. The van der Waals surface area contributed by atoms with Gasteiger partial charge in [-0.05, 0) is 36.8 Å². The van der Waals surface area contributed by atoms with Crippen LogP contribution in [0, 0.1) is 18.3 Å². The van der Waals surface area contributed by atoms with Crippen molar-refractivity contribution >= 4 is 23.4 Å². The normalized spacial score (nSPS) is 10.0. The molecule has 0 radical (unpaired) electrons. The SMILES string of the molecule is Cc1ccc(SCCC(=O)Nc2ccc(CC#N)cc2)cc1. The van der Waals surface area contributed by atoms with Gasteiger partial charge in [0.05, 0.1) is 12.5 Å². The molecule has 0 aliphatic rings. The first-order valence-electron chi connectivity index (χ1n) is 7.12. The molecule has 0 aliphatic carbocycles. The minimum Gasteiger partial charge on any atom is -0.326 e. The van der Waals surface area contributed by atoms with Gasteiger partial charge in [-0.15, -0.1) is 11.8 Å². The monoisotopic (exact) mass is 310 g/mol. The van der Waals surface area contributed by atoms with E-state index in [1.165, 1.54) is 10.5 Å². The largest absolute Gasteiger partial charge is 0.326 e. The van der Waals surface area contributed by atoms with Crippen molar-refractivity contribution in [2.45, 2.75) is 24.7 Å². The molecular weight excluding hydrogens is 292 g/mol. The maximum absolute atomic E-state index is 11.9. The van der Waals surface area contributed by atoms with Gasteiger partial charge in [0.1, 0.15) is 0 Å². The lowest BCUT2D eigenvalue weighted by molar-refractivity contribution is -0.115. The van der Waals surface area contributed by atoms with Crippen LogP contribution in [0.4, 0.5) is 5.69 Å². The molecule has 0 aliphatic heterocycles. The minimum absolute atomic E-state index is 0.00708. The second-order valence-electron chi connectivity index (χ2n) is 4.99. The second-order valence-corrected chi connectivity index (χ2v) is 6.16. The van der Waals surface area contributed by atoms with Crippen molar-refractivity contribution in [2.24, 2.45) is 0 Å². The topological polar surface area (TPSA) is 52.9 Å². The highest BCUT2D eigenvalue weighted by molar-refractivity contribution is 7.99. The summed E-state index contributed by atoms with van der Waals surface area (Å²) in [6.07, 6.45) is 0.861. The smallest absolute Gasteiger partial charge is 0.225 e. The van der Waals surface area contributed by atoms with Crippen molar-refractivity contribution in [1.82, 2.24) is 0 Å². The van der Waals surface area contributed by atoms with Crippen LogP contribution in [-0.2, 0) is 11.2 Å². The molecule has 0 unspecified atom stereocenters. The molecule has 3 nitrogen and oxygen atoms in total. The summed E-state index contributed by atoms with van der Waals surface area (Å²) in [6.45, 7) is 2.06. The number of carbonyl (C=O) groups is 1. The van der Waals surface area contributed by atoms with Crippen LogP contribution >= 0.6 is 11.8 Å². The van der Waals surface area contributed by atoms with E-state index in [1.807, 2.05) is 24.3 Å². The molecule has 0 fully saturated rings. The summed E-state index contributed by atoms with van der Waals surface area (Å²) in [4.78, 5) is 13.1. The zero-order chi connectivity index (χ0) is 15.8. The van der Waals surface area contributed by atoms with E-state index in [0.717, 1.165) is 17.0 Å². The Hall–Kier alpha value is -2.25. The second kappa shape index (κ2) is 8.26. The average Bonchev–Trinajstić information content (AvgIpc) is 2.51. The number of hydrogen-bond acceptors (Lipinski definition) is 3. The Morgan fingerprint density at radius 1 is 1.14 bits per heavy atom. The summed E-state index contributed by atoms with van der Waals surface area (Å²) in [5, 5.41) is 11.5. The predicted molar refractivity (Wildman–Crippen MR) is 90.9 cm³/mol. The van der Waals surface area contributed by atoms with E-state index in [0.29, 0.717) is 12.8 Å². The first-order chi connectivity index (χ1) is 10.7. The molecule has 0 saturated carbocycles. The number of thioether (sulfide) groups is 1. The van der Waals surface area contributed by atoms with Crippen LogP contribution in [0.5, 0.6) is 0 Å². The molecular formula is C18H18N2OS. The molecule has 0 saturated heterocycles. The molecule has 112 valence electrons. The number of benzene rings is 2. The highest BCUT2D eigenvalue weighted by Gasteiger charge is 2.03. The Morgan fingerprint density at radius 3 is 2.45 bits per heavy atom. The molecule has 2 aromatic carbocycles. The molecule has 1 amide bonds. The maximum atomic E-state index is 11.9. The Bertz CT molecular complexity index is 657. The minimum atomic E-state index is 0.00708. The number of aryl methyl sites for hydroxylation is 1. The van der Waals surface area contributed by atoms with Crippen LogP contribution in [0.15, 0.2) is 53.4 Å². The molecule has 4 heteroatoms. The zero-order valence-corrected chi connectivity index (χ0v) is 13.3. The average molecular weight is 310 g/mol. The van der Waals surface area contributed by atoms with Gasteiger partial charge in [0.15, 0.2) is 0 Å². The molecule has 0 heterocycles. The van der Waals surface area contributed by atoms with Crippen molar-refractivity contribution in [3.8, 4) is 6.07 Å². The van der Waals surface area contributed by atoms with Gasteiger partial charge in [-0.2, -0.15) is 5.26 Å². The number of nitrogens with one attached hydrogen (secondary N) is 1. The van der Waals surface area contributed by atoms with E-state index < -0.39 is 0 Å². The Labute approximate surface area is 135 Å². The van der Waals surface area contributed by atoms with Crippen LogP contribution in [0.25, 0.3) is 0 Å². The van der Waals surface area contributed by atoms with Crippen LogP contribution in [0.3, 0.4) is 0 Å². The Morgan fingerprint density at radius 2 is 1.82 bits per heavy atom. The summed E-state index contributed by atoms with van der Waals surface area (Å²) in [5.41, 5.74) is 2.96. The van der Waals surface area contributed by atoms with Crippen molar-refractivity contribution in [3.05, 3.63) is 59.7 Å². The number of anilines is 1. The summed E-state index contributed by atoms with van der Waals surface area (Å²) in [5.74, 6) is 0.758. The lowest BCUT2D eigenvalue weighted by Gasteiger charge is -2.06. The Balaban J connectivity index is 1.75. The van der Waals surface area contributed by atoms with Crippen molar-refractivity contribution in [2.75, 3.05) is 11.1 Å². The maximum Gasteiger partial charge on any atom is 0.225 e. The Kier molecular flexibility index (Phi) is 6.05. The third-order valence-electron chi connectivity index (χ3n) is 3.14. The van der Waals surface area contributed by atoms with Gasteiger partial charge in [-0.3, -0.25) is 4.79 Å². The summed E-state index contributed by atoms with van der Waals surface area (Å²) < 4.78 is 0. The van der Waals surface area contributed by atoms with E-state index in [4.69, 9.17) is 5.26 Å². The van der Waals surface area contributed by atoms with Crippen LogP contribution in [-0.4, -0.2) is 11.7 Å². The molecule has 2 aromatic rings. The van der Waals surface area contributed by atoms with Crippen molar-refractivity contribution < 1.29 is 4.79 Å². The quantitative estimate of drug-likeness (QED) is 0.814. The molecule has 2 rings (SSSR count). The van der Waals surface area contributed by atoms with E-state index in [-0.39, 0.29) is 5.91 Å². The standard InChI is InChI=1S/C18H18N2OS/c1-14-2-8-17(9-3-14)22-13-11-18(21)20-16-6-4-15(5-7-16)10-12-19/h2-9H,10-11,13H2,1H3,(H,20,21). The van der Waals surface area contributed by atoms with Crippen molar-refractivity contribution in [3.63, 3.8) is 0 Å². The van der Waals surface area contributed by atoms with Crippen molar-refractivity contribution in [1.29, 1.82) is 5.26 Å². The van der Waals surface area contributed by atoms with Crippen LogP contribution < -0.4 is 5.32 Å². The molecule has 0 aromatic heterocycles. The summed E-state index contributed by atoms with van der Waals surface area (Å²) in [6, 6.07) is 17.8. The zero-order valence-electron chi connectivity index (χ0n) is 12.5. The van der Waals surface area contributed by atoms with Gasteiger partial charge in [-0.1, -0.05) is 29.8 Å². The highest BCUT2D eigenvalue weighted by atomic mass is 32.2. The van der Waals surface area contributed by atoms with E-state index >= 15 is 0 Å². The van der Waals surface area contributed by atoms with Crippen LogP contribution in [0.1, 0.15) is 17.5 Å². The lowest BCUT2D eigenvalue weighted by atomic mass is 10.1. The summed E-state index contributed by atoms with van der Waals surface area (Å²) >= 11 is 1.68. The number of amides is 1. The third kappa shape index (κ3) is 5.27. The fourth-order valence-corrected chi connectivity index (χ4v) is 2.77. The van der Waals surface area contributed by atoms with Gasteiger partial charge in [0, 0.05) is 22.8 Å². The molecule has 22 heavy (non-hydrogen) atoms. The van der Waals surface area contributed by atoms with Gasteiger partial charge in [-0.25, -0.2) is 0 Å².